The second kappa shape index (κ2) is 4.71. The summed E-state index contributed by atoms with van der Waals surface area (Å²) in [4.78, 5) is 12.2. The highest BCUT2D eigenvalue weighted by Crippen LogP contribution is 2.25. The van der Waals surface area contributed by atoms with Crippen LogP contribution in [0.4, 0.5) is 5.69 Å². The van der Waals surface area contributed by atoms with E-state index in [2.05, 4.69) is 35.1 Å². The first-order chi connectivity index (χ1) is 8.74. The molecule has 1 aliphatic rings. The molecule has 2 atom stereocenters. The number of benzene rings is 1. The van der Waals surface area contributed by atoms with Crippen LogP contribution < -0.4 is 10.6 Å². The summed E-state index contributed by atoms with van der Waals surface area (Å²) < 4.78 is 1.25. The highest BCUT2D eigenvalue weighted by molar-refractivity contribution is 7.17. The molecule has 1 amide bonds. The number of amides is 1. The lowest BCUT2D eigenvalue weighted by atomic mass is 9.97. The van der Waals surface area contributed by atoms with E-state index in [1.807, 2.05) is 12.1 Å². The molecule has 0 spiro atoms. The summed E-state index contributed by atoms with van der Waals surface area (Å²) in [6.45, 7) is 3.83. The molecule has 94 valence electrons. The Labute approximate surface area is 110 Å². The summed E-state index contributed by atoms with van der Waals surface area (Å²) in [5.74, 6) is 0.625. The molecule has 0 unspecified atom stereocenters. The molecule has 2 heterocycles. The van der Waals surface area contributed by atoms with Crippen molar-refractivity contribution < 1.29 is 4.79 Å². The van der Waals surface area contributed by atoms with Gasteiger partial charge < -0.3 is 10.6 Å². The fourth-order valence-corrected chi connectivity index (χ4v) is 3.21. The molecule has 0 radical (unpaired) electrons. The lowest BCUT2D eigenvalue weighted by molar-refractivity contribution is -0.120. The molecule has 4 heteroatoms. The predicted molar refractivity (Wildman–Crippen MR) is 76.0 cm³/mol. The van der Waals surface area contributed by atoms with Crippen molar-refractivity contribution in [2.45, 2.75) is 6.92 Å². The van der Waals surface area contributed by atoms with Crippen molar-refractivity contribution >= 4 is 33.0 Å². The first-order valence-electron chi connectivity index (χ1n) is 6.23. The number of carbonyl (C=O) groups is 1. The van der Waals surface area contributed by atoms with Gasteiger partial charge in [-0.05, 0) is 47.5 Å². The Morgan fingerprint density at radius 1 is 1.39 bits per heavy atom. The molecular formula is C14H16N2OS. The first kappa shape index (κ1) is 11.7. The number of fused-ring (bicyclic) bond motifs is 1. The number of anilines is 1. The minimum Gasteiger partial charge on any atom is -0.326 e. The zero-order valence-corrected chi connectivity index (χ0v) is 11.1. The Hall–Kier alpha value is -1.39. The highest BCUT2D eigenvalue weighted by atomic mass is 32.1. The number of rotatable bonds is 2. The second-order valence-electron chi connectivity index (χ2n) is 4.90. The average Bonchev–Trinajstić information content (AvgIpc) is 2.96. The van der Waals surface area contributed by atoms with Crippen LogP contribution in [0, 0.1) is 11.8 Å². The van der Waals surface area contributed by atoms with Crippen LogP contribution in [0.15, 0.2) is 29.6 Å². The van der Waals surface area contributed by atoms with Gasteiger partial charge in [-0.3, -0.25) is 4.79 Å². The topological polar surface area (TPSA) is 41.1 Å². The summed E-state index contributed by atoms with van der Waals surface area (Å²) in [5, 5.41) is 9.54. The molecule has 0 aliphatic carbocycles. The van der Waals surface area contributed by atoms with E-state index in [-0.39, 0.29) is 11.8 Å². The number of carbonyl (C=O) groups excluding carboxylic acids is 1. The summed E-state index contributed by atoms with van der Waals surface area (Å²) in [6.07, 6.45) is 0. The van der Waals surface area contributed by atoms with Gasteiger partial charge >= 0.3 is 0 Å². The van der Waals surface area contributed by atoms with Gasteiger partial charge in [-0.15, -0.1) is 11.3 Å². The van der Waals surface area contributed by atoms with Crippen LogP contribution in [0.5, 0.6) is 0 Å². The van der Waals surface area contributed by atoms with Crippen LogP contribution in [0.2, 0.25) is 0 Å². The van der Waals surface area contributed by atoms with Crippen LogP contribution in [0.25, 0.3) is 10.1 Å². The van der Waals surface area contributed by atoms with E-state index in [0.717, 1.165) is 18.8 Å². The molecule has 1 aliphatic heterocycles. The maximum absolute atomic E-state index is 12.2. The van der Waals surface area contributed by atoms with Crippen molar-refractivity contribution in [3.63, 3.8) is 0 Å². The van der Waals surface area contributed by atoms with Crippen LogP contribution in [0.3, 0.4) is 0 Å². The van der Waals surface area contributed by atoms with Gasteiger partial charge in [0.05, 0.1) is 5.92 Å². The van der Waals surface area contributed by atoms with Crippen molar-refractivity contribution in [3.8, 4) is 0 Å². The third-order valence-electron chi connectivity index (χ3n) is 3.57. The van der Waals surface area contributed by atoms with Crippen molar-refractivity contribution in [1.29, 1.82) is 0 Å². The third-order valence-corrected chi connectivity index (χ3v) is 4.47. The van der Waals surface area contributed by atoms with Crippen molar-refractivity contribution in [2.75, 3.05) is 18.4 Å². The Bertz CT molecular complexity index is 578. The van der Waals surface area contributed by atoms with Crippen LogP contribution in [-0.2, 0) is 4.79 Å². The zero-order chi connectivity index (χ0) is 12.5. The van der Waals surface area contributed by atoms with Crippen LogP contribution >= 0.6 is 11.3 Å². The van der Waals surface area contributed by atoms with Gasteiger partial charge in [0.2, 0.25) is 5.91 Å². The molecule has 1 saturated heterocycles. The lowest BCUT2D eigenvalue weighted by Gasteiger charge is -2.14. The Kier molecular flexibility index (Phi) is 3.06. The molecule has 0 saturated carbocycles. The van der Waals surface area contributed by atoms with Gasteiger partial charge in [0.1, 0.15) is 0 Å². The SMILES string of the molecule is C[C@@H]1CNC[C@H]1C(=O)Nc1ccc2sccc2c1. The molecule has 18 heavy (non-hydrogen) atoms. The summed E-state index contributed by atoms with van der Waals surface area (Å²) in [7, 11) is 0. The largest absolute Gasteiger partial charge is 0.326 e. The minimum absolute atomic E-state index is 0.0863. The molecular weight excluding hydrogens is 244 g/mol. The van der Waals surface area contributed by atoms with E-state index in [1.54, 1.807) is 11.3 Å². The number of hydrogen-bond acceptors (Lipinski definition) is 3. The Balaban J connectivity index is 1.77. The van der Waals surface area contributed by atoms with Crippen LogP contribution in [-0.4, -0.2) is 19.0 Å². The zero-order valence-electron chi connectivity index (χ0n) is 10.3. The lowest BCUT2D eigenvalue weighted by Crippen LogP contribution is -2.27. The van der Waals surface area contributed by atoms with E-state index in [0.29, 0.717) is 5.92 Å². The maximum atomic E-state index is 12.2. The summed E-state index contributed by atoms with van der Waals surface area (Å²) in [6, 6.07) is 8.15. The van der Waals surface area contributed by atoms with Gasteiger partial charge in [-0.2, -0.15) is 0 Å². The molecule has 1 fully saturated rings. The second-order valence-corrected chi connectivity index (χ2v) is 5.85. The van der Waals surface area contributed by atoms with Crippen molar-refractivity contribution in [1.82, 2.24) is 5.32 Å². The van der Waals surface area contributed by atoms with Crippen LogP contribution in [0.1, 0.15) is 6.92 Å². The number of nitrogens with one attached hydrogen (secondary N) is 2. The average molecular weight is 260 g/mol. The van der Waals surface area contributed by atoms with Gasteiger partial charge in [-0.1, -0.05) is 6.92 Å². The molecule has 1 aromatic heterocycles. The van der Waals surface area contributed by atoms with Crippen molar-refractivity contribution in [3.05, 3.63) is 29.6 Å². The highest BCUT2D eigenvalue weighted by Gasteiger charge is 2.29. The molecule has 1 aromatic carbocycles. The Morgan fingerprint density at radius 3 is 3.06 bits per heavy atom. The first-order valence-corrected chi connectivity index (χ1v) is 7.11. The smallest absolute Gasteiger partial charge is 0.229 e. The van der Waals surface area contributed by atoms with Gasteiger partial charge in [0.15, 0.2) is 0 Å². The molecule has 2 aromatic rings. The normalized spacial score (nSPS) is 23.4. The third kappa shape index (κ3) is 2.13. The number of hydrogen-bond donors (Lipinski definition) is 2. The quantitative estimate of drug-likeness (QED) is 0.871. The fourth-order valence-electron chi connectivity index (χ4n) is 2.44. The van der Waals surface area contributed by atoms with Gasteiger partial charge in [-0.25, -0.2) is 0 Å². The standard InChI is InChI=1S/C14H16N2OS/c1-9-7-15-8-12(9)14(17)16-11-2-3-13-10(6-11)4-5-18-13/h2-6,9,12,15H,7-8H2,1H3,(H,16,17)/t9-,12-/m1/s1. The summed E-state index contributed by atoms with van der Waals surface area (Å²) >= 11 is 1.72. The number of thiophene rings is 1. The summed E-state index contributed by atoms with van der Waals surface area (Å²) in [5.41, 5.74) is 0.894. The molecule has 3 nitrogen and oxygen atoms in total. The van der Waals surface area contributed by atoms with E-state index < -0.39 is 0 Å². The van der Waals surface area contributed by atoms with E-state index in [9.17, 15) is 4.79 Å². The fraction of sp³-hybridized carbons (Fsp3) is 0.357. The van der Waals surface area contributed by atoms with Gasteiger partial charge in [0.25, 0.3) is 0 Å². The van der Waals surface area contributed by atoms with E-state index in [1.165, 1.54) is 10.1 Å². The maximum Gasteiger partial charge on any atom is 0.229 e. The predicted octanol–water partition coefficient (Wildman–Crippen LogP) is 2.70. The minimum atomic E-state index is 0.0863. The molecule has 2 N–H and O–H groups in total. The van der Waals surface area contributed by atoms with Gasteiger partial charge in [0, 0.05) is 16.9 Å². The van der Waals surface area contributed by atoms with Crippen molar-refractivity contribution in [2.24, 2.45) is 11.8 Å². The molecule has 3 rings (SSSR count). The monoisotopic (exact) mass is 260 g/mol. The molecule has 0 bridgehead atoms. The van der Waals surface area contributed by atoms with E-state index >= 15 is 0 Å². The Morgan fingerprint density at radius 2 is 2.28 bits per heavy atom. The van der Waals surface area contributed by atoms with E-state index in [4.69, 9.17) is 0 Å².